The van der Waals surface area contributed by atoms with Gasteiger partial charge in [0.15, 0.2) is 0 Å². The van der Waals surface area contributed by atoms with Crippen LogP contribution in [0.3, 0.4) is 0 Å². The molecule has 1 aliphatic heterocycles. The number of hydrogen-bond acceptors (Lipinski definition) is 4. The Balaban J connectivity index is 1.36. The maximum absolute atomic E-state index is 12.7. The molecule has 4 rings (SSSR count). The maximum Gasteiger partial charge on any atom is 0.254 e. The molecule has 0 spiro atoms. The van der Waals surface area contributed by atoms with Gasteiger partial charge in [-0.15, -0.1) is 0 Å². The van der Waals surface area contributed by atoms with Crippen molar-refractivity contribution in [2.45, 2.75) is 44.7 Å². The quantitative estimate of drug-likeness (QED) is 0.779. The SMILES string of the molecule is O=C(NCC1CCn2ncc(C(=O)NC3CC=CCC3)c2C1)c1cccnc1. The largest absolute Gasteiger partial charge is 0.352 e. The predicted octanol–water partition coefficient (Wildman–Crippen LogP) is 2.11. The zero-order valence-electron chi connectivity index (χ0n) is 15.8. The molecule has 7 heteroatoms. The Morgan fingerprint density at radius 1 is 1.18 bits per heavy atom. The zero-order chi connectivity index (χ0) is 19.3. The highest BCUT2D eigenvalue weighted by Gasteiger charge is 2.26. The van der Waals surface area contributed by atoms with Crippen LogP contribution >= 0.6 is 0 Å². The summed E-state index contributed by atoms with van der Waals surface area (Å²) in [6.45, 7) is 1.34. The van der Waals surface area contributed by atoms with Crippen LogP contribution in [0.25, 0.3) is 0 Å². The summed E-state index contributed by atoms with van der Waals surface area (Å²) in [6.07, 6.45) is 13.7. The number of aryl methyl sites for hydroxylation is 1. The van der Waals surface area contributed by atoms with Gasteiger partial charge in [0.25, 0.3) is 11.8 Å². The number of rotatable bonds is 5. The van der Waals surface area contributed by atoms with E-state index in [1.165, 1.54) is 0 Å². The number of hydrogen-bond donors (Lipinski definition) is 2. The number of fused-ring (bicyclic) bond motifs is 1. The molecule has 2 N–H and O–H groups in total. The lowest BCUT2D eigenvalue weighted by atomic mass is 9.93. The Bertz CT molecular complexity index is 874. The summed E-state index contributed by atoms with van der Waals surface area (Å²) in [7, 11) is 0. The number of nitrogens with one attached hydrogen (secondary N) is 2. The molecule has 0 bridgehead atoms. The molecule has 0 saturated carbocycles. The van der Waals surface area contributed by atoms with E-state index in [9.17, 15) is 9.59 Å². The second kappa shape index (κ2) is 8.37. The van der Waals surface area contributed by atoms with Crippen LogP contribution in [0.1, 0.15) is 52.1 Å². The first-order valence-corrected chi connectivity index (χ1v) is 9.89. The van der Waals surface area contributed by atoms with E-state index in [-0.39, 0.29) is 23.8 Å². The summed E-state index contributed by atoms with van der Waals surface area (Å²) < 4.78 is 1.93. The number of carbonyl (C=O) groups is 2. The fraction of sp³-hybridized carbons (Fsp3) is 0.429. The molecular formula is C21H25N5O2. The van der Waals surface area contributed by atoms with Gasteiger partial charge in [-0.3, -0.25) is 19.3 Å². The number of amides is 2. The number of aromatic nitrogens is 3. The maximum atomic E-state index is 12.7. The van der Waals surface area contributed by atoms with Crippen molar-refractivity contribution >= 4 is 11.8 Å². The van der Waals surface area contributed by atoms with E-state index in [1.807, 2.05) is 4.68 Å². The third kappa shape index (κ3) is 4.13. The Morgan fingerprint density at radius 3 is 2.89 bits per heavy atom. The van der Waals surface area contributed by atoms with E-state index >= 15 is 0 Å². The van der Waals surface area contributed by atoms with Crippen molar-refractivity contribution in [3.8, 4) is 0 Å². The van der Waals surface area contributed by atoms with E-state index < -0.39 is 0 Å². The van der Waals surface area contributed by atoms with Crippen LogP contribution in [0.2, 0.25) is 0 Å². The fourth-order valence-corrected chi connectivity index (χ4v) is 3.89. The monoisotopic (exact) mass is 379 g/mol. The van der Waals surface area contributed by atoms with Crippen molar-refractivity contribution in [1.82, 2.24) is 25.4 Å². The van der Waals surface area contributed by atoms with Gasteiger partial charge in [-0.2, -0.15) is 5.10 Å². The number of nitrogens with zero attached hydrogens (tertiary/aromatic N) is 3. The number of carbonyl (C=O) groups excluding carboxylic acids is 2. The molecule has 146 valence electrons. The third-order valence-corrected chi connectivity index (χ3v) is 5.50. The van der Waals surface area contributed by atoms with Gasteiger partial charge in [0.1, 0.15) is 0 Å². The van der Waals surface area contributed by atoms with Crippen LogP contribution < -0.4 is 10.6 Å². The molecule has 28 heavy (non-hydrogen) atoms. The molecule has 0 radical (unpaired) electrons. The van der Waals surface area contributed by atoms with Gasteiger partial charge in [0.05, 0.1) is 23.0 Å². The average molecular weight is 379 g/mol. The highest BCUT2D eigenvalue weighted by molar-refractivity contribution is 5.95. The lowest BCUT2D eigenvalue weighted by molar-refractivity contribution is 0.0924. The minimum atomic E-state index is -0.115. The highest BCUT2D eigenvalue weighted by atomic mass is 16.2. The highest BCUT2D eigenvalue weighted by Crippen LogP contribution is 2.23. The molecule has 2 aromatic rings. The van der Waals surface area contributed by atoms with Crippen molar-refractivity contribution in [1.29, 1.82) is 0 Å². The summed E-state index contributed by atoms with van der Waals surface area (Å²) in [5, 5.41) is 10.5. The van der Waals surface area contributed by atoms with Gasteiger partial charge < -0.3 is 10.6 Å². The number of allylic oxidation sites excluding steroid dienone is 1. The van der Waals surface area contributed by atoms with Crippen LogP contribution in [0.15, 0.2) is 42.9 Å². The lowest BCUT2D eigenvalue weighted by Crippen LogP contribution is -2.37. The Kier molecular flexibility index (Phi) is 5.50. The first kappa shape index (κ1) is 18.4. The van der Waals surface area contributed by atoms with Gasteiger partial charge in [0, 0.05) is 31.5 Å². The van der Waals surface area contributed by atoms with Crippen molar-refractivity contribution in [3.63, 3.8) is 0 Å². The molecule has 1 aliphatic carbocycles. The van der Waals surface area contributed by atoms with E-state index in [1.54, 1.807) is 30.7 Å². The van der Waals surface area contributed by atoms with Crippen molar-refractivity contribution in [2.75, 3.05) is 6.54 Å². The van der Waals surface area contributed by atoms with Gasteiger partial charge in [0.2, 0.25) is 0 Å². The molecule has 2 amide bonds. The Labute approximate surface area is 164 Å². The van der Waals surface area contributed by atoms with Crippen LogP contribution in [-0.4, -0.2) is 39.2 Å². The fourth-order valence-electron chi connectivity index (χ4n) is 3.89. The van der Waals surface area contributed by atoms with Crippen molar-refractivity contribution in [2.24, 2.45) is 5.92 Å². The zero-order valence-corrected chi connectivity index (χ0v) is 15.8. The molecule has 7 nitrogen and oxygen atoms in total. The van der Waals surface area contributed by atoms with E-state index in [0.29, 0.717) is 17.7 Å². The molecule has 3 heterocycles. The van der Waals surface area contributed by atoms with Gasteiger partial charge in [-0.25, -0.2) is 0 Å². The third-order valence-electron chi connectivity index (χ3n) is 5.50. The second-order valence-electron chi connectivity index (χ2n) is 7.49. The van der Waals surface area contributed by atoms with Crippen molar-refractivity contribution in [3.05, 3.63) is 59.7 Å². The number of pyridine rings is 1. The molecule has 0 aromatic carbocycles. The van der Waals surface area contributed by atoms with Crippen LogP contribution in [-0.2, 0) is 13.0 Å². The van der Waals surface area contributed by atoms with E-state index in [0.717, 1.165) is 44.3 Å². The minimum absolute atomic E-state index is 0.0402. The second-order valence-corrected chi connectivity index (χ2v) is 7.49. The standard InChI is InChI=1S/C21H25N5O2/c27-20(16-5-4-9-22-13-16)23-12-15-8-10-26-19(11-15)18(14-24-26)21(28)25-17-6-2-1-3-7-17/h1-2,4-5,9,13-15,17H,3,6-8,10-12H2,(H,23,27)(H,25,28). The molecule has 0 saturated heterocycles. The van der Waals surface area contributed by atoms with E-state index in [4.69, 9.17) is 0 Å². The van der Waals surface area contributed by atoms with Crippen LogP contribution in [0.4, 0.5) is 0 Å². The predicted molar refractivity (Wildman–Crippen MR) is 105 cm³/mol. The molecule has 2 aromatic heterocycles. The first-order valence-electron chi connectivity index (χ1n) is 9.89. The normalized spacial score (nSPS) is 21.0. The summed E-state index contributed by atoms with van der Waals surface area (Å²) in [6, 6.07) is 3.70. The summed E-state index contributed by atoms with van der Waals surface area (Å²) in [4.78, 5) is 29.0. The summed E-state index contributed by atoms with van der Waals surface area (Å²) in [5.74, 6) is 0.131. The Morgan fingerprint density at radius 2 is 2.11 bits per heavy atom. The van der Waals surface area contributed by atoms with Crippen molar-refractivity contribution < 1.29 is 9.59 Å². The molecule has 2 unspecified atom stereocenters. The smallest absolute Gasteiger partial charge is 0.254 e. The molecule has 2 atom stereocenters. The molecular weight excluding hydrogens is 354 g/mol. The topological polar surface area (TPSA) is 88.9 Å². The van der Waals surface area contributed by atoms with E-state index in [2.05, 4.69) is 32.9 Å². The Hall–Kier alpha value is -2.96. The lowest BCUT2D eigenvalue weighted by Gasteiger charge is -2.25. The minimum Gasteiger partial charge on any atom is -0.352 e. The summed E-state index contributed by atoms with van der Waals surface area (Å²) in [5.41, 5.74) is 2.19. The van der Waals surface area contributed by atoms with Gasteiger partial charge in [-0.1, -0.05) is 12.2 Å². The molecule has 2 aliphatic rings. The van der Waals surface area contributed by atoms with Gasteiger partial charge >= 0.3 is 0 Å². The molecule has 0 fully saturated rings. The van der Waals surface area contributed by atoms with Crippen LogP contribution in [0, 0.1) is 5.92 Å². The summed E-state index contributed by atoms with van der Waals surface area (Å²) >= 11 is 0. The van der Waals surface area contributed by atoms with Gasteiger partial charge in [-0.05, 0) is 50.2 Å². The average Bonchev–Trinajstić information content (AvgIpc) is 3.17. The van der Waals surface area contributed by atoms with Crippen LogP contribution in [0.5, 0.6) is 0 Å². The first-order chi connectivity index (χ1) is 13.7.